The normalized spacial score (nSPS) is 12.1. The monoisotopic (exact) mass is 275 g/mol. The van der Waals surface area contributed by atoms with Crippen LogP contribution in [0.2, 0.25) is 0 Å². The molecule has 1 aromatic rings. The largest absolute Gasteiger partial charge is 0.405 e. The molecule has 108 valence electrons. The number of alkyl halides is 3. The van der Waals surface area contributed by atoms with Crippen LogP contribution >= 0.6 is 0 Å². The first-order valence-electron chi connectivity index (χ1n) is 6.16. The predicted octanol–water partition coefficient (Wildman–Crippen LogP) is 2.93. The molecule has 0 fully saturated rings. The molecule has 0 spiro atoms. The smallest absolute Gasteiger partial charge is 0.360 e. The second-order valence-electron chi connectivity index (χ2n) is 4.89. The highest BCUT2D eigenvalue weighted by Gasteiger charge is 2.33. The number of anilines is 1. The van der Waals surface area contributed by atoms with E-state index in [0.717, 1.165) is 0 Å². The summed E-state index contributed by atoms with van der Waals surface area (Å²) in [7, 11) is 0. The zero-order valence-electron chi connectivity index (χ0n) is 11.7. The summed E-state index contributed by atoms with van der Waals surface area (Å²) in [5, 5.41) is 0. The second kappa shape index (κ2) is 5.77. The van der Waals surface area contributed by atoms with Gasteiger partial charge in [0.15, 0.2) is 0 Å². The zero-order valence-corrected chi connectivity index (χ0v) is 11.7. The quantitative estimate of drug-likeness (QED) is 0.918. The van der Waals surface area contributed by atoms with Gasteiger partial charge in [0.1, 0.15) is 6.54 Å². The van der Waals surface area contributed by atoms with Crippen LogP contribution in [-0.4, -0.2) is 23.7 Å². The molecule has 0 radical (unpaired) electrons. The first-order valence-corrected chi connectivity index (χ1v) is 6.16. The molecule has 0 aliphatic rings. The Morgan fingerprint density at radius 3 is 2.32 bits per heavy atom. The second-order valence-corrected chi connectivity index (χ2v) is 4.89. The van der Waals surface area contributed by atoms with E-state index in [1.54, 1.807) is 33.8 Å². The van der Waals surface area contributed by atoms with Crippen molar-refractivity contribution in [2.24, 2.45) is 5.73 Å². The van der Waals surface area contributed by atoms with Gasteiger partial charge in [-0.2, -0.15) is 13.2 Å². The van der Waals surface area contributed by atoms with E-state index in [-0.39, 0.29) is 12.6 Å². The summed E-state index contributed by atoms with van der Waals surface area (Å²) in [5.41, 5.74) is 8.23. The van der Waals surface area contributed by atoms with E-state index in [1.807, 2.05) is 0 Å². The van der Waals surface area contributed by atoms with Crippen LogP contribution in [0.1, 0.15) is 30.8 Å². The number of halogens is 3. The van der Waals surface area contributed by atoms with Crippen molar-refractivity contribution < 1.29 is 13.2 Å². The predicted molar refractivity (Wildman–Crippen MR) is 70.1 cm³/mol. The van der Waals surface area contributed by atoms with Crippen LogP contribution < -0.4 is 10.6 Å². The molecule has 0 unspecified atom stereocenters. The molecule has 0 aliphatic carbocycles. The highest BCUT2D eigenvalue weighted by atomic mass is 19.4. The molecule has 3 nitrogen and oxygen atoms in total. The maximum Gasteiger partial charge on any atom is 0.405 e. The molecule has 0 saturated heterocycles. The van der Waals surface area contributed by atoms with Gasteiger partial charge in [0, 0.05) is 35.2 Å². The highest BCUT2D eigenvalue weighted by Crippen LogP contribution is 2.29. The molecule has 1 rings (SSSR count). The van der Waals surface area contributed by atoms with Crippen LogP contribution in [0.15, 0.2) is 6.07 Å². The van der Waals surface area contributed by atoms with Crippen molar-refractivity contribution in [1.29, 1.82) is 0 Å². The van der Waals surface area contributed by atoms with Gasteiger partial charge in [-0.1, -0.05) is 0 Å². The van der Waals surface area contributed by atoms with Crippen LogP contribution in [0.5, 0.6) is 0 Å². The lowest BCUT2D eigenvalue weighted by atomic mass is 10.1. The van der Waals surface area contributed by atoms with Crippen molar-refractivity contribution in [3.63, 3.8) is 0 Å². The van der Waals surface area contributed by atoms with Gasteiger partial charge < -0.3 is 10.6 Å². The summed E-state index contributed by atoms with van der Waals surface area (Å²) in [5.74, 6) is 0. The van der Waals surface area contributed by atoms with Gasteiger partial charge in [0.05, 0.1) is 0 Å². The Bertz CT molecular complexity index is 441. The molecule has 0 aliphatic heterocycles. The molecule has 0 amide bonds. The van der Waals surface area contributed by atoms with Crippen LogP contribution in [-0.2, 0) is 6.54 Å². The third-order valence-electron chi connectivity index (χ3n) is 2.92. The van der Waals surface area contributed by atoms with Crippen LogP contribution in [0.3, 0.4) is 0 Å². The van der Waals surface area contributed by atoms with Gasteiger partial charge in [-0.25, -0.2) is 0 Å². The molecule has 1 heterocycles. The SMILES string of the molecule is Cc1cc(N(CC(F)(F)F)C(C)C)c(CN)c(C)n1. The molecule has 1 aromatic heterocycles. The van der Waals surface area contributed by atoms with Gasteiger partial charge in [-0.05, 0) is 33.8 Å². The third-order valence-corrected chi connectivity index (χ3v) is 2.92. The fourth-order valence-electron chi connectivity index (χ4n) is 2.08. The van der Waals surface area contributed by atoms with Crippen molar-refractivity contribution in [3.8, 4) is 0 Å². The van der Waals surface area contributed by atoms with Crippen molar-refractivity contribution in [2.45, 2.75) is 46.5 Å². The number of aromatic nitrogens is 1. The molecular formula is C13H20F3N3. The summed E-state index contributed by atoms with van der Waals surface area (Å²) in [6.07, 6.45) is -4.25. The number of nitrogens with zero attached hydrogens (tertiary/aromatic N) is 2. The number of pyridine rings is 1. The highest BCUT2D eigenvalue weighted by molar-refractivity contribution is 5.56. The molecule has 19 heavy (non-hydrogen) atoms. The Morgan fingerprint density at radius 1 is 1.32 bits per heavy atom. The molecule has 2 N–H and O–H groups in total. The van der Waals surface area contributed by atoms with Crippen LogP contribution in [0, 0.1) is 13.8 Å². The first-order chi connectivity index (χ1) is 8.65. The molecule has 0 saturated carbocycles. The number of rotatable bonds is 4. The van der Waals surface area contributed by atoms with Crippen molar-refractivity contribution in [3.05, 3.63) is 23.0 Å². The van der Waals surface area contributed by atoms with Gasteiger partial charge in [-0.3, -0.25) is 4.98 Å². The van der Waals surface area contributed by atoms with Gasteiger partial charge in [0.25, 0.3) is 0 Å². The van der Waals surface area contributed by atoms with E-state index in [4.69, 9.17) is 5.73 Å². The lowest BCUT2D eigenvalue weighted by Gasteiger charge is -2.32. The Morgan fingerprint density at radius 2 is 1.89 bits per heavy atom. The van der Waals surface area contributed by atoms with E-state index >= 15 is 0 Å². The molecule has 0 aromatic carbocycles. The third kappa shape index (κ3) is 4.09. The van der Waals surface area contributed by atoms with Crippen molar-refractivity contribution >= 4 is 5.69 Å². The maximum absolute atomic E-state index is 12.7. The topological polar surface area (TPSA) is 42.1 Å². The Hall–Kier alpha value is -1.30. The van der Waals surface area contributed by atoms with Crippen molar-refractivity contribution in [1.82, 2.24) is 4.98 Å². The fourth-order valence-corrected chi connectivity index (χ4v) is 2.08. The standard InChI is InChI=1S/C13H20F3N3/c1-8(2)19(7-13(14,15)16)12-5-9(3)18-10(4)11(12)6-17/h5,8H,6-7,17H2,1-4H3. The summed E-state index contributed by atoms with van der Waals surface area (Å²) < 4.78 is 38.1. The number of hydrogen-bond acceptors (Lipinski definition) is 3. The maximum atomic E-state index is 12.7. The summed E-state index contributed by atoms with van der Waals surface area (Å²) in [4.78, 5) is 5.58. The summed E-state index contributed by atoms with van der Waals surface area (Å²) in [6.45, 7) is 6.19. The average Bonchev–Trinajstić information content (AvgIpc) is 2.23. The minimum atomic E-state index is -4.25. The fraction of sp³-hybridized carbons (Fsp3) is 0.615. The van der Waals surface area contributed by atoms with Gasteiger partial charge in [-0.15, -0.1) is 0 Å². The van der Waals surface area contributed by atoms with E-state index in [2.05, 4.69) is 4.98 Å². The Labute approximate surface area is 111 Å². The van der Waals surface area contributed by atoms with Gasteiger partial charge >= 0.3 is 6.18 Å². The zero-order chi connectivity index (χ0) is 14.8. The molecular weight excluding hydrogens is 255 g/mol. The minimum absolute atomic E-state index is 0.176. The average molecular weight is 275 g/mol. The minimum Gasteiger partial charge on any atom is -0.360 e. The first kappa shape index (κ1) is 15.8. The van der Waals surface area contributed by atoms with E-state index in [9.17, 15) is 13.2 Å². The number of hydrogen-bond donors (Lipinski definition) is 1. The lowest BCUT2D eigenvalue weighted by molar-refractivity contribution is -0.120. The van der Waals surface area contributed by atoms with Crippen LogP contribution in [0.25, 0.3) is 0 Å². The van der Waals surface area contributed by atoms with Crippen LogP contribution in [0.4, 0.5) is 18.9 Å². The summed E-state index contributed by atoms with van der Waals surface area (Å²) in [6, 6.07) is 1.40. The molecule has 0 atom stereocenters. The molecule has 6 heteroatoms. The molecule has 0 bridgehead atoms. The number of aryl methyl sites for hydroxylation is 2. The van der Waals surface area contributed by atoms with E-state index < -0.39 is 12.7 Å². The van der Waals surface area contributed by atoms with Crippen molar-refractivity contribution in [2.75, 3.05) is 11.4 Å². The summed E-state index contributed by atoms with van der Waals surface area (Å²) >= 11 is 0. The Balaban J connectivity index is 3.29. The number of nitrogens with two attached hydrogens (primary N) is 1. The van der Waals surface area contributed by atoms with Gasteiger partial charge in [0.2, 0.25) is 0 Å². The van der Waals surface area contributed by atoms with E-state index in [0.29, 0.717) is 22.6 Å². The Kier molecular flexibility index (Phi) is 4.79. The lowest BCUT2D eigenvalue weighted by Crippen LogP contribution is -2.40. The van der Waals surface area contributed by atoms with E-state index in [1.165, 1.54) is 4.90 Å².